The van der Waals surface area contributed by atoms with E-state index in [2.05, 4.69) is 28.4 Å². The van der Waals surface area contributed by atoms with Crippen LogP contribution in [0, 0.1) is 18.3 Å². The maximum Gasteiger partial charge on any atom is 0.162 e. The number of rotatable bonds is 4. The first kappa shape index (κ1) is 15.3. The van der Waals surface area contributed by atoms with Crippen LogP contribution in [0.25, 0.3) is 0 Å². The lowest BCUT2D eigenvalue weighted by Gasteiger charge is -2.28. The highest BCUT2D eigenvalue weighted by molar-refractivity contribution is 5.84. The van der Waals surface area contributed by atoms with Crippen molar-refractivity contribution < 1.29 is 0 Å². The Balaban J connectivity index is 1.98. The molecule has 1 aromatic heterocycles. The standard InChI is InChI=1S/C18H21N5/c1-4-22-12-16(14(3)21-22)18(11-19)23-17(10-13(2)20-23)15-8-6-5-7-9-15/h5-9,12,17-18H,4,10H2,1-3H3/t17-,18-/m1/s1. The molecule has 23 heavy (non-hydrogen) atoms. The van der Waals surface area contributed by atoms with E-state index >= 15 is 0 Å². The molecule has 5 nitrogen and oxygen atoms in total. The Kier molecular flexibility index (Phi) is 4.16. The number of hydrogen-bond donors (Lipinski definition) is 0. The molecular formula is C18H21N5. The Hall–Kier alpha value is -2.61. The highest BCUT2D eigenvalue weighted by Gasteiger charge is 2.34. The smallest absolute Gasteiger partial charge is 0.162 e. The number of benzene rings is 1. The molecule has 1 aliphatic heterocycles. The average Bonchev–Trinajstić information content (AvgIpc) is 3.13. The van der Waals surface area contributed by atoms with Gasteiger partial charge in [-0.05, 0) is 26.3 Å². The third-order valence-corrected chi connectivity index (χ3v) is 4.27. The first-order valence-electron chi connectivity index (χ1n) is 7.95. The molecule has 1 aromatic carbocycles. The first-order valence-corrected chi connectivity index (χ1v) is 7.95. The summed E-state index contributed by atoms with van der Waals surface area (Å²) in [5.74, 6) is 0. The molecule has 0 spiro atoms. The molecule has 0 N–H and O–H groups in total. The SMILES string of the molecule is CCn1cc([C@@H](C#N)N2N=C(C)C[C@@H]2c2ccccc2)c(C)n1. The Morgan fingerprint density at radius 1 is 1.30 bits per heavy atom. The number of aromatic nitrogens is 2. The Morgan fingerprint density at radius 3 is 2.65 bits per heavy atom. The van der Waals surface area contributed by atoms with Gasteiger partial charge in [-0.1, -0.05) is 30.3 Å². The van der Waals surface area contributed by atoms with Gasteiger partial charge in [-0.25, -0.2) is 0 Å². The minimum Gasteiger partial charge on any atom is -0.272 e. The maximum absolute atomic E-state index is 9.80. The van der Waals surface area contributed by atoms with Crippen LogP contribution in [-0.4, -0.2) is 20.5 Å². The van der Waals surface area contributed by atoms with Crippen LogP contribution in [0.2, 0.25) is 0 Å². The Labute approximate surface area is 136 Å². The highest BCUT2D eigenvalue weighted by atomic mass is 15.5. The van der Waals surface area contributed by atoms with E-state index in [-0.39, 0.29) is 6.04 Å². The van der Waals surface area contributed by atoms with Gasteiger partial charge >= 0.3 is 0 Å². The normalized spacial score (nSPS) is 18.6. The lowest BCUT2D eigenvalue weighted by molar-refractivity contribution is 0.196. The van der Waals surface area contributed by atoms with Crippen LogP contribution in [0.5, 0.6) is 0 Å². The summed E-state index contributed by atoms with van der Waals surface area (Å²) in [5.41, 5.74) is 4.08. The first-order chi connectivity index (χ1) is 11.1. The topological polar surface area (TPSA) is 57.2 Å². The van der Waals surface area contributed by atoms with Gasteiger partial charge in [-0.15, -0.1) is 0 Å². The fourth-order valence-corrected chi connectivity index (χ4v) is 3.10. The van der Waals surface area contributed by atoms with Crippen LogP contribution >= 0.6 is 0 Å². The summed E-state index contributed by atoms with van der Waals surface area (Å²) >= 11 is 0. The second kappa shape index (κ2) is 6.25. The lowest BCUT2D eigenvalue weighted by Crippen LogP contribution is -2.24. The van der Waals surface area contributed by atoms with Gasteiger partial charge in [-0.3, -0.25) is 9.69 Å². The van der Waals surface area contributed by atoms with Crippen molar-refractivity contribution in [2.45, 2.75) is 45.8 Å². The van der Waals surface area contributed by atoms with Crippen LogP contribution in [0.1, 0.15) is 49.2 Å². The minimum atomic E-state index is -0.419. The molecule has 2 atom stereocenters. The summed E-state index contributed by atoms with van der Waals surface area (Å²) in [6, 6.07) is 12.4. The van der Waals surface area contributed by atoms with Crippen LogP contribution < -0.4 is 0 Å². The van der Waals surface area contributed by atoms with Crippen LogP contribution in [0.15, 0.2) is 41.6 Å². The highest BCUT2D eigenvalue weighted by Crippen LogP contribution is 2.38. The molecule has 0 aliphatic carbocycles. The van der Waals surface area contributed by atoms with Gasteiger partial charge in [0.05, 0.1) is 17.8 Å². The van der Waals surface area contributed by atoms with E-state index in [4.69, 9.17) is 0 Å². The van der Waals surface area contributed by atoms with E-state index in [1.165, 1.54) is 5.56 Å². The monoisotopic (exact) mass is 307 g/mol. The van der Waals surface area contributed by atoms with Crippen LogP contribution in [-0.2, 0) is 6.54 Å². The van der Waals surface area contributed by atoms with Gasteiger partial charge in [0.2, 0.25) is 0 Å². The summed E-state index contributed by atoms with van der Waals surface area (Å²) in [7, 11) is 0. The van der Waals surface area contributed by atoms with Crippen molar-refractivity contribution in [3.8, 4) is 6.07 Å². The molecule has 1 aliphatic rings. The second-order valence-corrected chi connectivity index (χ2v) is 5.90. The molecular weight excluding hydrogens is 286 g/mol. The lowest BCUT2D eigenvalue weighted by atomic mass is 10.00. The van der Waals surface area contributed by atoms with Crippen molar-refractivity contribution in [1.29, 1.82) is 5.26 Å². The fraction of sp³-hybridized carbons (Fsp3) is 0.389. The van der Waals surface area contributed by atoms with E-state index in [1.807, 2.05) is 54.9 Å². The molecule has 3 rings (SSSR count). The van der Waals surface area contributed by atoms with Gasteiger partial charge in [0.1, 0.15) is 0 Å². The summed E-state index contributed by atoms with van der Waals surface area (Å²) in [6.07, 6.45) is 2.82. The molecule has 2 aromatic rings. The summed E-state index contributed by atoms with van der Waals surface area (Å²) in [5, 5.41) is 20.9. The quantitative estimate of drug-likeness (QED) is 0.867. The Bertz CT molecular complexity index is 753. The molecule has 118 valence electrons. The van der Waals surface area contributed by atoms with Crippen molar-refractivity contribution >= 4 is 5.71 Å². The summed E-state index contributed by atoms with van der Waals surface area (Å²) in [4.78, 5) is 0. The molecule has 0 saturated carbocycles. The number of hydrazone groups is 1. The predicted molar refractivity (Wildman–Crippen MR) is 89.7 cm³/mol. The van der Waals surface area contributed by atoms with Gasteiger partial charge in [-0.2, -0.15) is 15.5 Å². The minimum absolute atomic E-state index is 0.102. The molecule has 0 radical (unpaired) electrons. The van der Waals surface area contributed by atoms with E-state index in [1.54, 1.807) is 0 Å². The molecule has 0 bridgehead atoms. The molecule has 5 heteroatoms. The zero-order chi connectivity index (χ0) is 16.4. The maximum atomic E-state index is 9.80. The number of aryl methyl sites for hydroxylation is 2. The largest absolute Gasteiger partial charge is 0.272 e. The molecule has 0 amide bonds. The summed E-state index contributed by atoms with van der Waals surface area (Å²) in [6.45, 7) is 6.81. The van der Waals surface area contributed by atoms with Crippen molar-refractivity contribution in [3.63, 3.8) is 0 Å². The number of nitriles is 1. The van der Waals surface area contributed by atoms with Crippen molar-refractivity contribution in [2.75, 3.05) is 0 Å². The average molecular weight is 307 g/mol. The fourth-order valence-electron chi connectivity index (χ4n) is 3.10. The molecule has 2 heterocycles. The molecule has 0 unspecified atom stereocenters. The van der Waals surface area contributed by atoms with E-state index in [0.29, 0.717) is 0 Å². The van der Waals surface area contributed by atoms with E-state index in [0.717, 1.165) is 29.9 Å². The molecule has 0 fully saturated rings. The number of hydrogen-bond acceptors (Lipinski definition) is 4. The Morgan fingerprint density at radius 2 is 2.04 bits per heavy atom. The van der Waals surface area contributed by atoms with Crippen molar-refractivity contribution in [1.82, 2.24) is 14.8 Å². The van der Waals surface area contributed by atoms with E-state index in [9.17, 15) is 5.26 Å². The predicted octanol–water partition coefficient (Wildman–Crippen LogP) is 3.60. The van der Waals surface area contributed by atoms with Crippen molar-refractivity contribution in [2.24, 2.45) is 5.10 Å². The third kappa shape index (κ3) is 2.85. The van der Waals surface area contributed by atoms with Gasteiger partial charge < -0.3 is 0 Å². The molecule has 0 saturated heterocycles. The van der Waals surface area contributed by atoms with Crippen LogP contribution in [0.4, 0.5) is 0 Å². The number of nitrogens with zero attached hydrogens (tertiary/aromatic N) is 5. The van der Waals surface area contributed by atoms with Gasteiger partial charge in [0.25, 0.3) is 0 Å². The van der Waals surface area contributed by atoms with Gasteiger partial charge in [0, 0.05) is 30.4 Å². The third-order valence-electron chi connectivity index (χ3n) is 4.27. The zero-order valence-corrected chi connectivity index (χ0v) is 13.8. The zero-order valence-electron chi connectivity index (χ0n) is 13.8. The van der Waals surface area contributed by atoms with Gasteiger partial charge in [0.15, 0.2) is 6.04 Å². The van der Waals surface area contributed by atoms with E-state index < -0.39 is 6.04 Å². The summed E-state index contributed by atoms with van der Waals surface area (Å²) < 4.78 is 1.87. The van der Waals surface area contributed by atoms with Crippen LogP contribution in [0.3, 0.4) is 0 Å². The van der Waals surface area contributed by atoms with Crippen molar-refractivity contribution in [3.05, 3.63) is 53.3 Å². The second-order valence-electron chi connectivity index (χ2n) is 5.90.